The molecule has 29 heavy (non-hydrogen) atoms. The average Bonchev–Trinajstić information content (AvgIpc) is 3.47. The van der Waals surface area contributed by atoms with Gasteiger partial charge >= 0.3 is 0 Å². The largest absolute Gasteiger partial charge is 0.469 e. The average molecular weight is 410 g/mol. The summed E-state index contributed by atoms with van der Waals surface area (Å²) in [7, 11) is 0. The van der Waals surface area contributed by atoms with E-state index in [2.05, 4.69) is 44.1 Å². The molecule has 0 radical (unpaired) electrons. The molecule has 0 bridgehead atoms. The van der Waals surface area contributed by atoms with Crippen molar-refractivity contribution in [3.05, 3.63) is 70.9 Å². The molecule has 0 atom stereocenters. The van der Waals surface area contributed by atoms with Gasteiger partial charge in [-0.15, -0.1) is 11.3 Å². The molecule has 4 rings (SSSR count). The van der Waals surface area contributed by atoms with E-state index >= 15 is 0 Å². The summed E-state index contributed by atoms with van der Waals surface area (Å²) >= 11 is 1.74. The van der Waals surface area contributed by atoms with Gasteiger partial charge in [0, 0.05) is 43.2 Å². The zero-order chi connectivity index (χ0) is 19.7. The zero-order valence-corrected chi connectivity index (χ0v) is 17.3. The molecule has 0 unspecified atom stereocenters. The number of aromatic nitrogens is 1. The number of piperidine rings is 1. The van der Waals surface area contributed by atoms with Crippen LogP contribution < -0.4 is 15.5 Å². The number of furan rings is 1. The summed E-state index contributed by atoms with van der Waals surface area (Å²) in [5, 5.41) is 9.20. The number of nitrogens with one attached hydrogen (secondary N) is 2. The highest BCUT2D eigenvalue weighted by Gasteiger charge is 2.20. The van der Waals surface area contributed by atoms with E-state index in [0.717, 1.165) is 56.4 Å². The Morgan fingerprint density at radius 1 is 1.17 bits per heavy atom. The van der Waals surface area contributed by atoms with E-state index in [1.807, 2.05) is 30.5 Å². The van der Waals surface area contributed by atoms with Crippen LogP contribution in [0.15, 0.2) is 69.7 Å². The normalized spacial score (nSPS) is 15.4. The van der Waals surface area contributed by atoms with Gasteiger partial charge in [-0.2, -0.15) is 0 Å². The van der Waals surface area contributed by atoms with E-state index in [0.29, 0.717) is 12.6 Å². The van der Waals surface area contributed by atoms with Crippen molar-refractivity contribution in [2.45, 2.75) is 31.8 Å². The van der Waals surface area contributed by atoms with Gasteiger partial charge in [-0.05, 0) is 48.6 Å². The molecule has 152 valence electrons. The van der Waals surface area contributed by atoms with Crippen molar-refractivity contribution in [3.8, 4) is 0 Å². The molecule has 1 aliphatic rings. The fraction of sp³-hybridized carbons (Fsp3) is 0.364. The minimum absolute atomic E-state index is 0.410. The van der Waals surface area contributed by atoms with Crippen LogP contribution in [-0.4, -0.2) is 36.6 Å². The van der Waals surface area contributed by atoms with Gasteiger partial charge < -0.3 is 20.0 Å². The second-order valence-corrected chi connectivity index (χ2v) is 8.13. The number of hydrogen-bond donors (Lipinski definition) is 2. The SMILES string of the molecule is c1ccc(N2CCC(NC(=NCc3cccs3)NCCc3ccco3)CC2)nc1. The van der Waals surface area contributed by atoms with Crippen LogP contribution in [0.25, 0.3) is 0 Å². The van der Waals surface area contributed by atoms with Crippen molar-refractivity contribution in [3.63, 3.8) is 0 Å². The Bertz CT molecular complexity index is 856. The number of rotatable bonds is 7. The summed E-state index contributed by atoms with van der Waals surface area (Å²) in [6.07, 6.45) is 6.54. The van der Waals surface area contributed by atoms with E-state index < -0.39 is 0 Å². The van der Waals surface area contributed by atoms with Crippen LogP contribution in [0, 0.1) is 0 Å². The van der Waals surface area contributed by atoms with Gasteiger partial charge in [-0.3, -0.25) is 0 Å². The molecule has 1 aliphatic heterocycles. The summed E-state index contributed by atoms with van der Waals surface area (Å²) in [6.45, 7) is 3.48. The highest BCUT2D eigenvalue weighted by Crippen LogP contribution is 2.17. The third kappa shape index (κ3) is 5.84. The number of anilines is 1. The van der Waals surface area contributed by atoms with Crippen LogP contribution in [0.1, 0.15) is 23.5 Å². The summed E-state index contributed by atoms with van der Waals surface area (Å²) in [5.41, 5.74) is 0. The van der Waals surface area contributed by atoms with Crippen molar-refractivity contribution in [2.24, 2.45) is 4.99 Å². The Hall–Kier alpha value is -2.80. The lowest BCUT2D eigenvalue weighted by Gasteiger charge is -2.33. The van der Waals surface area contributed by atoms with Gasteiger partial charge in [0.2, 0.25) is 0 Å². The second-order valence-electron chi connectivity index (χ2n) is 7.09. The predicted octanol–water partition coefficient (Wildman–Crippen LogP) is 3.68. The maximum Gasteiger partial charge on any atom is 0.191 e. The lowest BCUT2D eigenvalue weighted by molar-refractivity contribution is 0.458. The molecule has 0 amide bonds. The molecule has 1 saturated heterocycles. The smallest absolute Gasteiger partial charge is 0.191 e. The fourth-order valence-electron chi connectivity index (χ4n) is 3.46. The van der Waals surface area contributed by atoms with E-state index in [9.17, 15) is 0 Å². The topological polar surface area (TPSA) is 65.7 Å². The summed E-state index contributed by atoms with van der Waals surface area (Å²) < 4.78 is 5.43. The summed E-state index contributed by atoms with van der Waals surface area (Å²) in [6, 6.07) is 14.6. The molecular weight excluding hydrogens is 382 g/mol. The van der Waals surface area contributed by atoms with Crippen LogP contribution in [0.4, 0.5) is 5.82 Å². The van der Waals surface area contributed by atoms with Crippen molar-refractivity contribution in [1.29, 1.82) is 0 Å². The van der Waals surface area contributed by atoms with Crippen LogP contribution in [-0.2, 0) is 13.0 Å². The van der Waals surface area contributed by atoms with Gasteiger partial charge in [0.15, 0.2) is 5.96 Å². The fourth-order valence-corrected chi connectivity index (χ4v) is 4.09. The molecule has 0 saturated carbocycles. The molecule has 4 heterocycles. The minimum atomic E-state index is 0.410. The summed E-state index contributed by atoms with van der Waals surface area (Å²) in [4.78, 5) is 12.9. The maximum atomic E-state index is 5.43. The number of hydrogen-bond acceptors (Lipinski definition) is 5. The van der Waals surface area contributed by atoms with Crippen molar-refractivity contribution < 1.29 is 4.42 Å². The number of aliphatic imine (C=N–C) groups is 1. The highest BCUT2D eigenvalue weighted by atomic mass is 32.1. The Morgan fingerprint density at radius 2 is 2.10 bits per heavy atom. The minimum Gasteiger partial charge on any atom is -0.469 e. The third-order valence-electron chi connectivity index (χ3n) is 5.03. The molecule has 0 aliphatic carbocycles. The molecule has 2 N–H and O–H groups in total. The quantitative estimate of drug-likeness (QED) is 0.460. The third-order valence-corrected chi connectivity index (χ3v) is 5.89. The standard InChI is InChI=1S/C22H27N5OS/c1-2-11-23-21(7-1)27-13-9-18(10-14-27)26-22(25-17-20-6-4-16-29-20)24-12-8-19-5-3-15-28-19/h1-7,11,15-16,18H,8-10,12-14,17H2,(H2,24,25,26). The summed E-state index contributed by atoms with van der Waals surface area (Å²) in [5.74, 6) is 2.93. The lowest BCUT2D eigenvalue weighted by atomic mass is 10.1. The van der Waals surface area contributed by atoms with Gasteiger partial charge in [0.1, 0.15) is 11.6 Å². The molecule has 6 nitrogen and oxygen atoms in total. The Labute approximate surface area is 175 Å². The number of guanidine groups is 1. The molecule has 3 aromatic heterocycles. The van der Waals surface area contributed by atoms with Crippen molar-refractivity contribution in [1.82, 2.24) is 15.6 Å². The zero-order valence-electron chi connectivity index (χ0n) is 16.5. The Kier molecular flexibility index (Phi) is 6.81. The Morgan fingerprint density at radius 3 is 2.83 bits per heavy atom. The van der Waals surface area contributed by atoms with E-state index in [1.54, 1.807) is 17.6 Å². The molecular formula is C22H27N5OS. The van der Waals surface area contributed by atoms with Gasteiger partial charge in [-0.1, -0.05) is 12.1 Å². The molecule has 1 fully saturated rings. The van der Waals surface area contributed by atoms with Crippen molar-refractivity contribution >= 4 is 23.1 Å². The van der Waals surface area contributed by atoms with Gasteiger partial charge in [0.05, 0.1) is 12.8 Å². The van der Waals surface area contributed by atoms with Gasteiger partial charge in [-0.25, -0.2) is 9.98 Å². The van der Waals surface area contributed by atoms with Crippen LogP contribution in [0.5, 0.6) is 0 Å². The number of pyridine rings is 1. The Balaban J connectivity index is 1.31. The molecule has 0 spiro atoms. The van der Waals surface area contributed by atoms with Crippen molar-refractivity contribution in [2.75, 3.05) is 24.5 Å². The van der Waals surface area contributed by atoms with Crippen LogP contribution >= 0.6 is 11.3 Å². The van der Waals surface area contributed by atoms with E-state index in [1.165, 1.54) is 4.88 Å². The second kappa shape index (κ2) is 10.1. The highest BCUT2D eigenvalue weighted by molar-refractivity contribution is 7.09. The molecule has 0 aromatic carbocycles. The molecule has 7 heteroatoms. The monoisotopic (exact) mass is 409 g/mol. The molecule has 3 aromatic rings. The first kappa shape index (κ1) is 19.5. The van der Waals surface area contributed by atoms with Crippen LogP contribution in [0.2, 0.25) is 0 Å². The van der Waals surface area contributed by atoms with Crippen LogP contribution in [0.3, 0.4) is 0 Å². The maximum absolute atomic E-state index is 5.43. The first-order valence-corrected chi connectivity index (χ1v) is 11.0. The van der Waals surface area contributed by atoms with E-state index in [4.69, 9.17) is 9.41 Å². The number of thiophene rings is 1. The first-order valence-electron chi connectivity index (χ1n) is 10.1. The first-order chi connectivity index (χ1) is 14.4. The van der Waals surface area contributed by atoms with Gasteiger partial charge in [0.25, 0.3) is 0 Å². The number of nitrogens with zero attached hydrogens (tertiary/aromatic N) is 3. The van der Waals surface area contributed by atoms with E-state index in [-0.39, 0.29) is 0 Å². The predicted molar refractivity (Wildman–Crippen MR) is 118 cm³/mol. The lowest BCUT2D eigenvalue weighted by Crippen LogP contribution is -2.49.